The number of nitrogens with two attached hydrogens (primary N) is 1. The van der Waals surface area contributed by atoms with Gasteiger partial charge in [-0.25, -0.2) is 0 Å². The van der Waals surface area contributed by atoms with Gasteiger partial charge < -0.3 is 16.0 Å². The first-order chi connectivity index (χ1) is 12.8. The Kier molecular flexibility index (Phi) is 5.18. The molecule has 0 unspecified atom stereocenters. The minimum atomic E-state index is -4.53. The van der Waals surface area contributed by atoms with Crippen molar-refractivity contribution in [2.24, 2.45) is 5.73 Å². The SMILES string of the molecule is NCc1cc(NC(=O)c2ccc(N3CCCC3=O)cc2)cc(C(F)(F)F)c1. The molecule has 0 atom stereocenters. The summed E-state index contributed by atoms with van der Waals surface area (Å²) in [6.45, 7) is 0.557. The standard InChI is InChI=1S/C19H18F3N3O2/c20-19(21,22)14-8-12(11-23)9-15(10-14)24-18(27)13-3-5-16(6-4-13)25-7-1-2-17(25)26/h3-6,8-10H,1-2,7,11,23H2,(H,24,27). The summed E-state index contributed by atoms with van der Waals surface area (Å²) in [5.41, 5.74) is 5.83. The molecule has 0 radical (unpaired) electrons. The van der Waals surface area contributed by atoms with Crippen molar-refractivity contribution in [1.82, 2.24) is 0 Å². The molecule has 0 aromatic heterocycles. The minimum Gasteiger partial charge on any atom is -0.326 e. The van der Waals surface area contributed by atoms with Crippen LogP contribution in [0.5, 0.6) is 0 Å². The maximum atomic E-state index is 13.0. The Morgan fingerprint density at radius 2 is 1.85 bits per heavy atom. The molecule has 1 aliphatic rings. The lowest BCUT2D eigenvalue weighted by Gasteiger charge is -2.16. The quantitative estimate of drug-likeness (QED) is 0.856. The molecule has 1 heterocycles. The molecule has 1 aliphatic heterocycles. The number of anilines is 2. The molecular weight excluding hydrogens is 359 g/mol. The summed E-state index contributed by atoms with van der Waals surface area (Å²) in [4.78, 5) is 25.8. The van der Waals surface area contributed by atoms with E-state index in [1.165, 1.54) is 18.2 Å². The third-order valence-electron chi connectivity index (χ3n) is 4.33. The molecule has 0 saturated carbocycles. The number of halogens is 3. The number of carbonyl (C=O) groups is 2. The van der Waals surface area contributed by atoms with Gasteiger partial charge in [0.15, 0.2) is 0 Å². The maximum absolute atomic E-state index is 13.0. The zero-order valence-corrected chi connectivity index (χ0v) is 14.3. The predicted molar refractivity (Wildman–Crippen MR) is 95.3 cm³/mol. The van der Waals surface area contributed by atoms with Gasteiger partial charge in [0.1, 0.15) is 0 Å². The lowest BCUT2D eigenvalue weighted by Crippen LogP contribution is -2.23. The third-order valence-corrected chi connectivity index (χ3v) is 4.33. The fourth-order valence-corrected chi connectivity index (χ4v) is 2.96. The number of carbonyl (C=O) groups excluding carboxylic acids is 2. The van der Waals surface area contributed by atoms with E-state index in [1.54, 1.807) is 17.0 Å². The Morgan fingerprint density at radius 3 is 2.41 bits per heavy atom. The number of alkyl halides is 3. The highest BCUT2D eigenvalue weighted by molar-refractivity contribution is 6.05. The molecule has 3 rings (SSSR count). The first-order valence-electron chi connectivity index (χ1n) is 8.41. The fraction of sp³-hybridized carbons (Fsp3) is 0.263. The fourth-order valence-electron chi connectivity index (χ4n) is 2.96. The molecule has 0 aliphatic carbocycles. The number of hydrogen-bond acceptors (Lipinski definition) is 3. The first-order valence-corrected chi connectivity index (χ1v) is 8.41. The zero-order valence-electron chi connectivity index (χ0n) is 14.3. The molecular formula is C19H18F3N3O2. The van der Waals surface area contributed by atoms with Gasteiger partial charge in [-0.05, 0) is 54.4 Å². The second kappa shape index (κ2) is 7.40. The summed E-state index contributed by atoms with van der Waals surface area (Å²) in [5.74, 6) is -0.512. The Balaban J connectivity index is 1.78. The summed E-state index contributed by atoms with van der Waals surface area (Å²) in [5, 5.41) is 2.47. The molecule has 1 fully saturated rings. The maximum Gasteiger partial charge on any atom is 0.416 e. The molecule has 27 heavy (non-hydrogen) atoms. The van der Waals surface area contributed by atoms with Crippen molar-refractivity contribution in [1.29, 1.82) is 0 Å². The van der Waals surface area contributed by atoms with Gasteiger partial charge in [-0.1, -0.05) is 0 Å². The smallest absolute Gasteiger partial charge is 0.326 e. The van der Waals surface area contributed by atoms with Crippen LogP contribution in [-0.2, 0) is 17.5 Å². The highest BCUT2D eigenvalue weighted by Crippen LogP contribution is 2.32. The average Bonchev–Trinajstić information content (AvgIpc) is 3.06. The van der Waals surface area contributed by atoms with Gasteiger partial charge in [0.05, 0.1) is 5.56 Å². The van der Waals surface area contributed by atoms with Gasteiger partial charge in [-0.3, -0.25) is 9.59 Å². The highest BCUT2D eigenvalue weighted by atomic mass is 19.4. The first kappa shape index (κ1) is 18.9. The molecule has 1 saturated heterocycles. The van der Waals surface area contributed by atoms with Gasteiger partial charge in [-0.15, -0.1) is 0 Å². The topological polar surface area (TPSA) is 75.4 Å². The Labute approximate surface area is 154 Å². The Morgan fingerprint density at radius 1 is 1.15 bits per heavy atom. The summed E-state index contributed by atoms with van der Waals surface area (Å²) >= 11 is 0. The van der Waals surface area contributed by atoms with Gasteiger partial charge in [0.25, 0.3) is 5.91 Å². The molecule has 3 N–H and O–H groups in total. The van der Waals surface area contributed by atoms with Gasteiger partial charge in [0, 0.05) is 36.4 Å². The van der Waals surface area contributed by atoms with Crippen LogP contribution < -0.4 is 16.0 Å². The van der Waals surface area contributed by atoms with Crippen LogP contribution in [-0.4, -0.2) is 18.4 Å². The predicted octanol–water partition coefficient (Wildman–Crippen LogP) is 3.54. The van der Waals surface area contributed by atoms with E-state index in [1.807, 2.05) is 0 Å². The third kappa shape index (κ3) is 4.28. The van der Waals surface area contributed by atoms with Gasteiger partial charge in [0.2, 0.25) is 5.91 Å². The van der Waals surface area contributed by atoms with Crippen molar-refractivity contribution in [3.05, 3.63) is 59.2 Å². The Bertz CT molecular complexity index is 863. The van der Waals surface area contributed by atoms with E-state index < -0.39 is 17.6 Å². The number of hydrogen-bond donors (Lipinski definition) is 2. The summed E-state index contributed by atoms with van der Waals surface area (Å²) in [7, 11) is 0. The minimum absolute atomic E-state index is 0.0223. The normalized spacial score (nSPS) is 14.5. The lowest BCUT2D eigenvalue weighted by atomic mass is 10.1. The van der Waals surface area contributed by atoms with Crippen molar-refractivity contribution in [3.63, 3.8) is 0 Å². The summed E-state index contributed by atoms with van der Waals surface area (Å²) in [6, 6.07) is 9.60. The number of rotatable bonds is 4. The van der Waals surface area contributed by atoms with Crippen LogP contribution in [0, 0.1) is 0 Å². The van der Waals surface area contributed by atoms with Crippen LogP contribution in [0.1, 0.15) is 34.3 Å². The van der Waals surface area contributed by atoms with Gasteiger partial charge >= 0.3 is 6.18 Å². The molecule has 0 spiro atoms. The van der Waals surface area contributed by atoms with Crippen molar-refractivity contribution in [2.75, 3.05) is 16.8 Å². The van der Waals surface area contributed by atoms with E-state index in [2.05, 4.69) is 5.32 Å². The van der Waals surface area contributed by atoms with Crippen LogP contribution in [0.25, 0.3) is 0 Å². The van der Waals surface area contributed by atoms with E-state index in [4.69, 9.17) is 5.73 Å². The summed E-state index contributed by atoms with van der Waals surface area (Å²) < 4.78 is 38.9. The van der Waals surface area contributed by atoms with E-state index in [9.17, 15) is 22.8 Å². The van der Waals surface area contributed by atoms with Crippen molar-refractivity contribution in [3.8, 4) is 0 Å². The lowest BCUT2D eigenvalue weighted by molar-refractivity contribution is -0.137. The number of amides is 2. The number of benzene rings is 2. The average molecular weight is 377 g/mol. The van der Waals surface area contributed by atoms with Crippen LogP contribution in [0.4, 0.5) is 24.5 Å². The van der Waals surface area contributed by atoms with Gasteiger partial charge in [-0.2, -0.15) is 13.2 Å². The van der Waals surface area contributed by atoms with Crippen LogP contribution in [0.2, 0.25) is 0 Å². The second-order valence-electron chi connectivity index (χ2n) is 6.27. The molecule has 2 aromatic rings. The largest absolute Gasteiger partial charge is 0.416 e. The van der Waals surface area contributed by atoms with E-state index in [-0.39, 0.29) is 29.3 Å². The number of nitrogens with zero attached hydrogens (tertiary/aromatic N) is 1. The van der Waals surface area contributed by atoms with Crippen molar-refractivity contribution in [2.45, 2.75) is 25.6 Å². The molecule has 142 valence electrons. The summed E-state index contributed by atoms with van der Waals surface area (Å²) in [6.07, 6.45) is -3.24. The van der Waals surface area contributed by atoms with Crippen LogP contribution in [0.15, 0.2) is 42.5 Å². The number of nitrogens with one attached hydrogen (secondary N) is 1. The Hall–Kier alpha value is -2.87. The molecule has 8 heteroatoms. The van der Waals surface area contributed by atoms with E-state index in [0.29, 0.717) is 18.7 Å². The van der Waals surface area contributed by atoms with Crippen molar-refractivity contribution >= 4 is 23.2 Å². The monoisotopic (exact) mass is 377 g/mol. The second-order valence-corrected chi connectivity index (χ2v) is 6.27. The van der Waals surface area contributed by atoms with E-state index in [0.717, 1.165) is 18.6 Å². The molecule has 2 aromatic carbocycles. The molecule has 2 amide bonds. The van der Waals surface area contributed by atoms with Crippen LogP contribution in [0.3, 0.4) is 0 Å². The van der Waals surface area contributed by atoms with Crippen molar-refractivity contribution < 1.29 is 22.8 Å². The van der Waals surface area contributed by atoms with Crippen LogP contribution >= 0.6 is 0 Å². The zero-order chi connectivity index (χ0) is 19.6. The molecule has 5 nitrogen and oxygen atoms in total. The molecule has 0 bridgehead atoms. The highest BCUT2D eigenvalue weighted by Gasteiger charge is 2.31. The van der Waals surface area contributed by atoms with E-state index >= 15 is 0 Å².